The van der Waals surface area contributed by atoms with Gasteiger partial charge in [0.15, 0.2) is 0 Å². The van der Waals surface area contributed by atoms with Gasteiger partial charge in [0.1, 0.15) is 0 Å². The molecule has 2 heterocycles. The summed E-state index contributed by atoms with van der Waals surface area (Å²) in [7, 11) is 0. The second-order valence-corrected chi connectivity index (χ2v) is 4.84. The Bertz CT molecular complexity index is 321. The molecule has 0 aromatic carbocycles. The van der Waals surface area contributed by atoms with E-state index in [1.54, 1.807) is 6.20 Å². The van der Waals surface area contributed by atoms with Crippen molar-refractivity contribution in [3.63, 3.8) is 0 Å². The highest BCUT2D eigenvalue weighted by atomic mass is 15.2. The molecule has 17 heavy (non-hydrogen) atoms. The van der Waals surface area contributed by atoms with Crippen LogP contribution in [0.3, 0.4) is 0 Å². The van der Waals surface area contributed by atoms with Crippen molar-refractivity contribution >= 4 is 0 Å². The van der Waals surface area contributed by atoms with Crippen molar-refractivity contribution in [3.05, 3.63) is 30.1 Å². The third-order valence-corrected chi connectivity index (χ3v) is 3.44. The lowest BCUT2D eigenvalue weighted by Crippen LogP contribution is -2.46. The summed E-state index contributed by atoms with van der Waals surface area (Å²) < 4.78 is 0. The number of piperazine rings is 1. The van der Waals surface area contributed by atoms with E-state index < -0.39 is 0 Å². The minimum absolute atomic E-state index is 0.0820. The molecule has 4 nitrogen and oxygen atoms in total. The van der Waals surface area contributed by atoms with Gasteiger partial charge >= 0.3 is 0 Å². The molecule has 0 aliphatic carbocycles. The first-order chi connectivity index (χ1) is 8.27. The maximum absolute atomic E-state index is 6.27. The number of pyridine rings is 1. The molecule has 2 unspecified atom stereocenters. The van der Waals surface area contributed by atoms with Crippen molar-refractivity contribution in [2.24, 2.45) is 11.7 Å². The Labute approximate surface area is 103 Å². The zero-order valence-electron chi connectivity index (χ0n) is 10.5. The van der Waals surface area contributed by atoms with Crippen LogP contribution in [0.25, 0.3) is 0 Å². The van der Waals surface area contributed by atoms with Crippen molar-refractivity contribution < 1.29 is 0 Å². The third-order valence-electron chi connectivity index (χ3n) is 3.44. The number of rotatable bonds is 4. The van der Waals surface area contributed by atoms with E-state index in [1.165, 1.54) is 0 Å². The van der Waals surface area contributed by atoms with Crippen LogP contribution in [0.1, 0.15) is 18.5 Å². The van der Waals surface area contributed by atoms with Gasteiger partial charge in [-0.05, 0) is 17.5 Å². The largest absolute Gasteiger partial charge is 0.324 e. The Morgan fingerprint density at radius 2 is 2.24 bits per heavy atom. The van der Waals surface area contributed by atoms with Gasteiger partial charge in [-0.2, -0.15) is 0 Å². The van der Waals surface area contributed by atoms with Crippen molar-refractivity contribution in [1.29, 1.82) is 0 Å². The first-order valence-corrected chi connectivity index (χ1v) is 6.36. The van der Waals surface area contributed by atoms with E-state index in [0.29, 0.717) is 5.92 Å². The van der Waals surface area contributed by atoms with Gasteiger partial charge in [0.05, 0.1) is 0 Å². The van der Waals surface area contributed by atoms with E-state index in [9.17, 15) is 0 Å². The number of nitrogens with two attached hydrogens (primary N) is 1. The molecule has 0 radical (unpaired) electrons. The van der Waals surface area contributed by atoms with Gasteiger partial charge in [-0.15, -0.1) is 0 Å². The van der Waals surface area contributed by atoms with Gasteiger partial charge in [0.25, 0.3) is 0 Å². The summed E-state index contributed by atoms with van der Waals surface area (Å²) in [6.45, 7) is 7.73. The lowest BCUT2D eigenvalue weighted by Gasteiger charge is -2.31. The second-order valence-electron chi connectivity index (χ2n) is 4.84. The van der Waals surface area contributed by atoms with Crippen molar-refractivity contribution in [2.45, 2.75) is 13.0 Å². The molecule has 1 aliphatic rings. The molecule has 4 heteroatoms. The number of aromatic nitrogens is 1. The van der Waals surface area contributed by atoms with E-state index in [4.69, 9.17) is 5.73 Å². The van der Waals surface area contributed by atoms with Gasteiger partial charge < -0.3 is 16.0 Å². The van der Waals surface area contributed by atoms with Crippen molar-refractivity contribution in [2.75, 3.05) is 32.7 Å². The lowest BCUT2D eigenvalue weighted by molar-refractivity contribution is 0.199. The summed E-state index contributed by atoms with van der Waals surface area (Å²) in [6.07, 6.45) is 3.66. The molecule has 1 aromatic heterocycles. The van der Waals surface area contributed by atoms with Gasteiger partial charge in [0.2, 0.25) is 0 Å². The second kappa shape index (κ2) is 6.10. The summed E-state index contributed by atoms with van der Waals surface area (Å²) >= 11 is 0. The lowest BCUT2D eigenvalue weighted by atomic mass is 9.96. The topological polar surface area (TPSA) is 54.2 Å². The number of nitrogens with one attached hydrogen (secondary N) is 1. The van der Waals surface area contributed by atoms with Crippen LogP contribution in [0.5, 0.6) is 0 Å². The number of hydrogen-bond donors (Lipinski definition) is 2. The maximum Gasteiger partial charge on any atom is 0.0348 e. The van der Waals surface area contributed by atoms with E-state index in [2.05, 4.69) is 28.2 Å². The molecular formula is C13H22N4. The standard InChI is InChI=1S/C13H22N4/c1-11(10-17-7-5-15-6-8-17)13(14)12-3-2-4-16-9-12/h2-4,9,11,13,15H,5-8,10,14H2,1H3. The summed E-state index contributed by atoms with van der Waals surface area (Å²) in [5.74, 6) is 0.456. The molecule has 0 bridgehead atoms. The minimum atomic E-state index is 0.0820. The van der Waals surface area contributed by atoms with Gasteiger partial charge in [-0.1, -0.05) is 13.0 Å². The molecule has 0 amide bonds. The molecule has 2 rings (SSSR count). The predicted molar refractivity (Wildman–Crippen MR) is 69.6 cm³/mol. The maximum atomic E-state index is 6.27. The SMILES string of the molecule is CC(CN1CCNCC1)C(N)c1cccnc1. The Morgan fingerprint density at radius 3 is 2.88 bits per heavy atom. The van der Waals surface area contributed by atoms with Gasteiger partial charge in [-0.25, -0.2) is 0 Å². The minimum Gasteiger partial charge on any atom is -0.324 e. The van der Waals surface area contributed by atoms with Crippen molar-refractivity contribution in [3.8, 4) is 0 Å². The molecule has 2 atom stereocenters. The fourth-order valence-corrected chi connectivity index (χ4v) is 2.32. The zero-order valence-corrected chi connectivity index (χ0v) is 10.5. The molecule has 0 spiro atoms. The molecule has 1 aromatic rings. The Morgan fingerprint density at radius 1 is 1.47 bits per heavy atom. The highest BCUT2D eigenvalue weighted by Gasteiger charge is 2.19. The first-order valence-electron chi connectivity index (χ1n) is 6.36. The number of nitrogens with zero attached hydrogens (tertiary/aromatic N) is 2. The summed E-state index contributed by atoms with van der Waals surface area (Å²) in [6, 6.07) is 4.09. The van der Waals surface area contributed by atoms with Crippen LogP contribution in [0.15, 0.2) is 24.5 Å². The molecular weight excluding hydrogens is 212 g/mol. The van der Waals surface area contributed by atoms with Gasteiger partial charge in [0, 0.05) is 51.2 Å². The fraction of sp³-hybridized carbons (Fsp3) is 0.615. The highest BCUT2D eigenvalue weighted by Crippen LogP contribution is 2.19. The molecule has 1 saturated heterocycles. The zero-order chi connectivity index (χ0) is 12.1. The van der Waals surface area contributed by atoms with E-state index >= 15 is 0 Å². The summed E-state index contributed by atoms with van der Waals surface area (Å²) in [5, 5.41) is 3.37. The smallest absolute Gasteiger partial charge is 0.0348 e. The van der Waals surface area contributed by atoms with E-state index in [1.807, 2.05) is 12.3 Å². The average molecular weight is 234 g/mol. The molecule has 1 aliphatic heterocycles. The van der Waals surface area contributed by atoms with Crippen LogP contribution in [-0.2, 0) is 0 Å². The van der Waals surface area contributed by atoms with E-state index in [0.717, 1.165) is 38.3 Å². The summed E-state index contributed by atoms with van der Waals surface area (Å²) in [5.41, 5.74) is 7.41. The van der Waals surface area contributed by atoms with Crippen LogP contribution in [-0.4, -0.2) is 42.6 Å². The Kier molecular flexibility index (Phi) is 4.48. The van der Waals surface area contributed by atoms with Crippen LogP contribution in [0.4, 0.5) is 0 Å². The Hall–Kier alpha value is -0.970. The van der Waals surface area contributed by atoms with Crippen LogP contribution < -0.4 is 11.1 Å². The van der Waals surface area contributed by atoms with Gasteiger partial charge in [-0.3, -0.25) is 4.98 Å². The average Bonchev–Trinajstić information content (AvgIpc) is 2.40. The van der Waals surface area contributed by atoms with Crippen LogP contribution in [0, 0.1) is 5.92 Å². The monoisotopic (exact) mass is 234 g/mol. The van der Waals surface area contributed by atoms with Crippen LogP contribution in [0.2, 0.25) is 0 Å². The van der Waals surface area contributed by atoms with Crippen LogP contribution >= 0.6 is 0 Å². The molecule has 94 valence electrons. The summed E-state index contributed by atoms with van der Waals surface area (Å²) in [4.78, 5) is 6.61. The fourth-order valence-electron chi connectivity index (χ4n) is 2.32. The first kappa shape index (κ1) is 12.5. The highest BCUT2D eigenvalue weighted by molar-refractivity contribution is 5.14. The molecule has 1 fully saturated rings. The van der Waals surface area contributed by atoms with Crippen molar-refractivity contribution in [1.82, 2.24) is 15.2 Å². The van der Waals surface area contributed by atoms with E-state index in [-0.39, 0.29) is 6.04 Å². The number of hydrogen-bond acceptors (Lipinski definition) is 4. The normalized spacial score (nSPS) is 21.1. The third kappa shape index (κ3) is 3.49. The quantitative estimate of drug-likeness (QED) is 0.802. The molecule has 3 N–H and O–H groups in total. The predicted octanol–water partition coefficient (Wildman–Crippen LogP) is 0.623. The Balaban J connectivity index is 1.88. The molecule has 0 saturated carbocycles.